The molecule has 7 nitrogen and oxygen atoms in total. The van der Waals surface area contributed by atoms with E-state index < -0.39 is 0 Å². The Balaban J connectivity index is 1.96. The van der Waals surface area contributed by atoms with Gasteiger partial charge in [-0.1, -0.05) is 19.9 Å². The van der Waals surface area contributed by atoms with E-state index in [0.29, 0.717) is 11.8 Å². The number of aromatic nitrogens is 3. The highest BCUT2D eigenvalue weighted by molar-refractivity contribution is 5.67. The predicted molar refractivity (Wildman–Crippen MR) is 111 cm³/mol. The number of benzene rings is 1. The van der Waals surface area contributed by atoms with Gasteiger partial charge < -0.3 is 20.5 Å². The molecule has 7 heteroatoms. The third-order valence-electron chi connectivity index (χ3n) is 4.34. The minimum Gasteiger partial charge on any atom is -0.497 e. The van der Waals surface area contributed by atoms with Crippen LogP contribution in [0.1, 0.15) is 13.8 Å². The molecule has 3 rings (SSSR count). The van der Waals surface area contributed by atoms with E-state index in [4.69, 9.17) is 4.74 Å². The molecular formula is C21H25N5O2. The summed E-state index contributed by atoms with van der Waals surface area (Å²) in [7, 11) is 1.63. The van der Waals surface area contributed by atoms with Crippen LogP contribution >= 0.6 is 0 Å². The minimum atomic E-state index is -0.145. The van der Waals surface area contributed by atoms with Crippen LogP contribution in [0.2, 0.25) is 0 Å². The van der Waals surface area contributed by atoms with Gasteiger partial charge in [-0.25, -0.2) is 4.98 Å². The van der Waals surface area contributed by atoms with Gasteiger partial charge in [-0.05, 0) is 30.2 Å². The molecule has 3 aromatic rings. The van der Waals surface area contributed by atoms with Crippen LogP contribution in [0.4, 0.5) is 17.5 Å². The Hall–Kier alpha value is -3.19. The number of aliphatic hydroxyl groups is 1. The van der Waals surface area contributed by atoms with E-state index in [1.807, 2.05) is 56.3 Å². The molecule has 1 aromatic carbocycles. The van der Waals surface area contributed by atoms with Crippen molar-refractivity contribution < 1.29 is 9.84 Å². The van der Waals surface area contributed by atoms with Crippen molar-refractivity contribution in [3.8, 4) is 17.0 Å². The molecular weight excluding hydrogens is 354 g/mol. The summed E-state index contributed by atoms with van der Waals surface area (Å²) in [6, 6.07) is 13.2. The fourth-order valence-electron chi connectivity index (χ4n) is 2.68. The first-order valence-corrected chi connectivity index (χ1v) is 9.17. The molecule has 0 aliphatic carbocycles. The molecule has 0 bridgehead atoms. The summed E-state index contributed by atoms with van der Waals surface area (Å²) in [6.45, 7) is 4.07. The fraction of sp³-hybridized carbons (Fsp3) is 0.286. The molecule has 28 heavy (non-hydrogen) atoms. The normalized spacial score (nSPS) is 11.9. The smallest absolute Gasteiger partial charge is 0.225 e. The number of ether oxygens (including phenoxy) is 1. The first-order valence-electron chi connectivity index (χ1n) is 9.17. The van der Waals surface area contributed by atoms with Crippen molar-refractivity contribution in [2.45, 2.75) is 19.9 Å². The molecule has 0 spiro atoms. The maximum absolute atomic E-state index is 9.65. The zero-order chi connectivity index (χ0) is 19.9. The number of hydrogen-bond acceptors (Lipinski definition) is 7. The van der Waals surface area contributed by atoms with E-state index in [2.05, 4.69) is 25.6 Å². The van der Waals surface area contributed by atoms with Gasteiger partial charge >= 0.3 is 0 Å². The molecule has 2 heterocycles. The highest BCUT2D eigenvalue weighted by atomic mass is 16.5. The number of methoxy groups -OCH3 is 1. The third kappa shape index (κ3) is 4.95. The number of nitrogens with zero attached hydrogens (tertiary/aromatic N) is 3. The van der Waals surface area contributed by atoms with Crippen molar-refractivity contribution in [1.29, 1.82) is 0 Å². The summed E-state index contributed by atoms with van der Waals surface area (Å²) in [6.07, 6.45) is 3.48. The van der Waals surface area contributed by atoms with Crippen molar-refractivity contribution in [3.05, 3.63) is 54.9 Å². The lowest BCUT2D eigenvalue weighted by atomic mass is 10.1. The van der Waals surface area contributed by atoms with Gasteiger partial charge in [0.25, 0.3) is 0 Å². The summed E-state index contributed by atoms with van der Waals surface area (Å²) in [5, 5.41) is 16.2. The van der Waals surface area contributed by atoms with Crippen LogP contribution in [-0.4, -0.2) is 39.8 Å². The zero-order valence-corrected chi connectivity index (χ0v) is 16.3. The van der Waals surface area contributed by atoms with Gasteiger partial charge in [0.15, 0.2) is 0 Å². The van der Waals surface area contributed by atoms with Gasteiger partial charge in [0, 0.05) is 35.8 Å². The molecule has 0 aliphatic rings. The van der Waals surface area contributed by atoms with E-state index in [0.717, 1.165) is 22.7 Å². The van der Waals surface area contributed by atoms with E-state index in [1.165, 1.54) is 0 Å². The topological polar surface area (TPSA) is 92.2 Å². The number of hydrogen-bond donors (Lipinski definition) is 3. The Kier molecular flexibility index (Phi) is 6.39. The molecule has 0 aliphatic heterocycles. The Bertz CT molecular complexity index is 902. The van der Waals surface area contributed by atoms with Crippen LogP contribution in [-0.2, 0) is 0 Å². The number of nitrogens with one attached hydrogen (secondary N) is 2. The highest BCUT2D eigenvalue weighted by Crippen LogP contribution is 2.25. The zero-order valence-electron chi connectivity index (χ0n) is 16.3. The third-order valence-corrected chi connectivity index (χ3v) is 4.34. The highest BCUT2D eigenvalue weighted by Gasteiger charge is 2.15. The first kappa shape index (κ1) is 19.6. The molecule has 0 saturated heterocycles. The summed E-state index contributed by atoms with van der Waals surface area (Å²) in [4.78, 5) is 13.4. The molecule has 0 unspecified atom stereocenters. The molecule has 0 amide bonds. The SMILES string of the molecule is COc1cccc(Nc2cc(-c3cccnc3)nc(N[C@H](CO)C(C)C)n2)c1. The molecule has 2 aromatic heterocycles. The summed E-state index contributed by atoms with van der Waals surface area (Å²) < 4.78 is 5.28. The number of anilines is 3. The molecule has 3 N–H and O–H groups in total. The van der Waals surface area contributed by atoms with Crippen LogP contribution in [0.25, 0.3) is 11.3 Å². The monoisotopic (exact) mass is 379 g/mol. The van der Waals surface area contributed by atoms with Crippen molar-refractivity contribution >= 4 is 17.5 Å². The largest absolute Gasteiger partial charge is 0.497 e. The minimum absolute atomic E-state index is 0.00318. The quantitative estimate of drug-likeness (QED) is 0.549. The average Bonchev–Trinajstić information content (AvgIpc) is 2.72. The Labute approximate surface area is 164 Å². The number of aliphatic hydroxyl groups excluding tert-OH is 1. The van der Waals surface area contributed by atoms with Crippen LogP contribution in [0.15, 0.2) is 54.9 Å². The number of pyridine rings is 1. The Morgan fingerprint density at radius 2 is 1.96 bits per heavy atom. The van der Waals surface area contributed by atoms with Gasteiger partial charge in [0.1, 0.15) is 11.6 Å². The maximum Gasteiger partial charge on any atom is 0.225 e. The van der Waals surface area contributed by atoms with Gasteiger partial charge in [0.05, 0.1) is 25.5 Å². The van der Waals surface area contributed by atoms with Crippen LogP contribution < -0.4 is 15.4 Å². The van der Waals surface area contributed by atoms with Crippen molar-refractivity contribution in [2.75, 3.05) is 24.4 Å². The molecule has 0 fully saturated rings. The van der Waals surface area contributed by atoms with E-state index in [-0.39, 0.29) is 18.6 Å². The molecule has 1 atom stereocenters. The number of rotatable bonds is 8. The van der Waals surface area contributed by atoms with E-state index >= 15 is 0 Å². The molecule has 0 saturated carbocycles. The Morgan fingerprint density at radius 3 is 2.64 bits per heavy atom. The van der Waals surface area contributed by atoms with Crippen molar-refractivity contribution in [2.24, 2.45) is 5.92 Å². The average molecular weight is 379 g/mol. The van der Waals surface area contributed by atoms with Crippen LogP contribution in [0.3, 0.4) is 0 Å². The maximum atomic E-state index is 9.65. The fourth-order valence-corrected chi connectivity index (χ4v) is 2.68. The van der Waals surface area contributed by atoms with Crippen LogP contribution in [0, 0.1) is 5.92 Å². The lowest BCUT2D eigenvalue weighted by molar-refractivity contribution is 0.248. The second-order valence-electron chi connectivity index (χ2n) is 6.74. The van der Waals surface area contributed by atoms with Gasteiger partial charge in [-0.15, -0.1) is 0 Å². The molecule has 0 radical (unpaired) electrons. The van der Waals surface area contributed by atoms with Crippen molar-refractivity contribution in [3.63, 3.8) is 0 Å². The van der Waals surface area contributed by atoms with Crippen LogP contribution in [0.5, 0.6) is 5.75 Å². The molecule has 146 valence electrons. The second kappa shape index (κ2) is 9.14. The Morgan fingerprint density at radius 1 is 1.11 bits per heavy atom. The first-order chi connectivity index (χ1) is 13.6. The second-order valence-corrected chi connectivity index (χ2v) is 6.74. The van der Waals surface area contributed by atoms with Crippen molar-refractivity contribution in [1.82, 2.24) is 15.0 Å². The lowest BCUT2D eigenvalue weighted by Gasteiger charge is -2.20. The standard InChI is InChI=1S/C21H25N5O2/c1-14(2)19(13-27)25-21-24-18(15-6-5-9-22-12-15)11-20(26-21)23-16-7-4-8-17(10-16)28-3/h4-12,14,19,27H,13H2,1-3H3,(H2,23,24,25,26)/t19-/m1/s1. The summed E-state index contributed by atoms with van der Waals surface area (Å²) >= 11 is 0. The summed E-state index contributed by atoms with van der Waals surface area (Å²) in [5.41, 5.74) is 2.46. The predicted octanol–water partition coefficient (Wildman–Crippen LogP) is 3.72. The van der Waals surface area contributed by atoms with Gasteiger partial charge in [0.2, 0.25) is 5.95 Å². The van der Waals surface area contributed by atoms with Gasteiger partial charge in [-0.2, -0.15) is 4.98 Å². The van der Waals surface area contributed by atoms with E-state index in [1.54, 1.807) is 19.5 Å². The van der Waals surface area contributed by atoms with E-state index in [9.17, 15) is 5.11 Å². The lowest BCUT2D eigenvalue weighted by Crippen LogP contribution is -2.30. The van der Waals surface area contributed by atoms with Gasteiger partial charge in [-0.3, -0.25) is 4.98 Å². The summed E-state index contributed by atoms with van der Waals surface area (Å²) in [5.74, 6) is 2.06.